The second kappa shape index (κ2) is 6.54. The minimum Gasteiger partial charge on any atom is -0.364 e. The van der Waals surface area contributed by atoms with Crippen LogP contribution in [0.25, 0.3) is 11.3 Å². The molecule has 1 heterocycles. The van der Waals surface area contributed by atoms with Gasteiger partial charge >= 0.3 is 0 Å². The smallest absolute Gasteiger partial charge is 0.267 e. The predicted molar refractivity (Wildman–Crippen MR) is 84.6 cm³/mol. The van der Waals surface area contributed by atoms with Crippen molar-refractivity contribution in [1.82, 2.24) is 9.97 Å². The number of aromatic nitrogens is 2. The fourth-order valence-electron chi connectivity index (χ4n) is 1.98. The van der Waals surface area contributed by atoms with Crippen LogP contribution in [0, 0.1) is 0 Å². The van der Waals surface area contributed by atoms with Crippen molar-refractivity contribution in [2.75, 3.05) is 18.0 Å². The molecule has 0 saturated carbocycles. The fourth-order valence-corrected chi connectivity index (χ4v) is 2.10. The van der Waals surface area contributed by atoms with Crippen molar-refractivity contribution in [3.8, 4) is 11.3 Å². The number of rotatable bonds is 5. The molecule has 2 N–H and O–H groups in total. The minimum atomic E-state index is -0.569. The van der Waals surface area contributed by atoms with E-state index in [1.165, 1.54) is 0 Å². The Morgan fingerprint density at radius 1 is 1.19 bits per heavy atom. The number of nitrogens with zero attached hydrogens (tertiary/aromatic N) is 3. The van der Waals surface area contributed by atoms with Crippen molar-refractivity contribution >= 4 is 23.5 Å². The topological polar surface area (TPSA) is 72.1 Å². The van der Waals surface area contributed by atoms with Gasteiger partial charge in [-0.3, -0.25) is 4.79 Å². The van der Waals surface area contributed by atoms with Gasteiger partial charge in [-0.2, -0.15) is 0 Å². The average molecular weight is 305 g/mol. The van der Waals surface area contributed by atoms with E-state index in [-0.39, 0.29) is 5.69 Å². The van der Waals surface area contributed by atoms with E-state index in [1.807, 2.05) is 30.9 Å². The monoisotopic (exact) mass is 304 g/mol. The molecule has 0 aliphatic rings. The summed E-state index contributed by atoms with van der Waals surface area (Å²) in [6.07, 6.45) is 0. The lowest BCUT2D eigenvalue weighted by Gasteiger charge is -2.19. The maximum atomic E-state index is 11.5. The van der Waals surface area contributed by atoms with Crippen LogP contribution in [0.1, 0.15) is 24.3 Å². The van der Waals surface area contributed by atoms with Gasteiger partial charge in [-0.1, -0.05) is 23.7 Å². The molecule has 6 heteroatoms. The van der Waals surface area contributed by atoms with Crippen LogP contribution in [0.4, 0.5) is 5.95 Å². The van der Waals surface area contributed by atoms with Crippen LogP contribution >= 0.6 is 11.6 Å². The van der Waals surface area contributed by atoms with Crippen molar-refractivity contribution in [3.05, 3.63) is 41.0 Å². The molecular formula is C15H17ClN4O. The van der Waals surface area contributed by atoms with Crippen LogP contribution in [0.2, 0.25) is 5.02 Å². The molecule has 1 aromatic heterocycles. The van der Waals surface area contributed by atoms with Gasteiger partial charge in [0.05, 0.1) is 5.69 Å². The highest BCUT2D eigenvalue weighted by molar-refractivity contribution is 6.30. The van der Waals surface area contributed by atoms with Gasteiger partial charge in [0.2, 0.25) is 5.95 Å². The maximum absolute atomic E-state index is 11.5. The number of nitrogens with two attached hydrogens (primary N) is 1. The largest absolute Gasteiger partial charge is 0.364 e. The molecule has 110 valence electrons. The summed E-state index contributed by atoms with van der Waals surface area (Å²) in [6.45, 7) is 5.51. The van der Waals surface area contributed by atoms with Crippen LogP contribution in [-0.4, -0.2) is 29.0 Å². The molecule has 0 radical (unpaired) electrons. The third-order valence-corrected chi connectivity index (χ3v) is 3.41. The highest BCUT2D eigenvalue weighted by Gasteiger charge is 2.13. The first-order valence-electron chi connectivity index (χ1n) is 6.75. The standard InChI is InChI=1S/C15H17ClN4O/c1-3-20(4-2)15-18-12(9-13(19-15)14(17)21)10-5-7-11(16)8-6-10/h5-9H,3-4H2,1-2H3,(H2,17,21). The SMILES string of the molecule is CCN(CC)c1nc(C(N)=O)cc(-c2ccc(Cl)cc2)n1. The van der Waals surface area contributed by atoms with E-state index in [2.05, 4.69) is 9.97 Å². The molecule has 0 bridgehead atoms. The summed E-state index contributed by atoms with van der Waals surface area (Å²) in [5.74, 6) is -0.0673. The summed E-state index contributed by atoms with van der Waals surface area (Å²) in [7, 11) is 0. The summed E-state index contributed by atoms with van der Waals surface area (Å²) < 4.78 is 0. The van der Waals surface area contributed by atoms with Crippen LogP contribution in [0.3, 0.4) is 0 Å². The maximum Gasteiger partial charge on any atom is 0.267 e. The van der Waals surface area contributed by atoms with Gasteiger partial charge in [-0.25, -0.2) is 9.97 Å². The number of primary amides is 1. The Morgan fingerprint density at radius 2 is 1.81 bits per heavy atom. The van der Waals surface area contributed by atoms with E-state index in [9.17, 15) is 4.79 Å². The van der Waals surface area contributed by atoms with Crippen LogP contribution in [-0.2, 0) is 0 Å². The van der Waals surface area contributed by atoms with Crippen molar-refractivity contribution < 1.29 is 4.79 Å². The molecule has 2 rings (SSSR count). The molecule has 1 amide bonds. The molecular weight excluding hydrogens is 288 g/mol. The minimum absolute atomic E-state index is 0.205. The zero-order valence-electron chi connectivity index (χ0n) is 12.0. The Labute approximate surface area is 128 Å². The molecule has 0 unspecified atom stereocenters. The zero-order valence-corrected chi connectivity index (χ0v) is 12.8. The lowest BCUT2D eigenvalue weighted by atomic mass is 10.1. The van der Waals surface area contributed by atoms with Crippen LogP contribution in [0.5, 0.6) is 0 Å². The Morgan fingerprint density at radius 3 is 2.33 bits per heavy atom. The van der Waals surface area contributed by atoms with Gasteiger partial charge in [-0.15, -0.1) is 0 Å². The third-order valence-electron chi connectivity index (χ3n) is 3.15. The third kappa shape index (κ3) is 3.49. The summed E-state index contributed by atoms with van der Waals surface area (Å²) >= 11 is 5.89. The number of hydrogen-bond acceptors (Lipinski definition) is 4. The molecule has 21 heavy (non-hydrogen) atoms. The molecule has 0 fully saturated rings. The Kier molecular flexibility index (Phi) is 4.75. The number of amides is 1. The van der Waals surface area contributed by atoms with Crippen molar-refractivity contribution in [1.29, 1.82) is 0 Å². The molecule has 2 aromatic rings. The van der Waals surface area contributed by atoms with Gasteiger partial charge in [0.25, 0.3) is 5.91 Å². The number of hydrogen-bond donors (Lipinski definition) is 1. The number of anilines is 1. The summed E-state index contributed by atoms with van der Waals surface area (Å²) in [4.78, 5) is 22.2. The van der Waals surface area contributed by atoms with Gasteiger partial charge in [-0.05, 0) is 32.0 Å². The van der Waals surface area contributed by atoms with E-state index in [4.69, 9.17) is 17.3 Å². The first-order chi connectivity index (χ1) is 10.0. The van der Waals surface area contributed by atoms with Gasteiger partial charge < -0.3 is 10.6 Å². The number of carbonyl (C=O) groups is 1. The van der Waals surface area contributed by atoms with E-state index < -0.39 is 5.91 Å². The molecule has 5 nitrogen and oxygen atoms in total. The van der Waals surface area contributed by atoms with E-state index in [1.54, 1.807) is 18.2 Å². The second-order valence-electron chi connectivity index (χ2n) is 4.48. The summed E-state index contributed by atoms with van der Waals surface area (Å²) in [5, 5.41) is 0.645. The number of benzene rings is 1. The Balaban J connectivity index is 2.54. The lowest BCUT2D eigenvalue weighted by Crippen LogP contribution is -2.26. The van der Waals surface area contributed by atoms with Crippen LogP contribution < -0.4 is 10.6 Å². The average Bonchev–Trinajstić information content (AvgIpc) is 2.49. The zero-order chi connectivity index (χ0) is 15.4. The first-order valence-corrected chi connectivity index (χ1v) is 7.12. The lowest BCUT2D eigenvalue weighted by molar-refractivity contribution is 0.0995. The Hall–Kier alpha value is -2.14. The van der Waals surface area contributed by atoms with E-state index >= 15 is 0 Å². The highest BCUT2D eigenvalue weighted by Crippen LogP contribution is 2.22. The molecule has 0 aliphatic carbocycles. The quantitative estimate of drug-likeness (QED) is 0.922. The summed E-state index contributed by atoms with van der Waals surface area (Å²) in [5.41, 5.74) is 7.08. The number of carbonyl (C=O) groups excluding carboxylic acids is 1. The van der Waals surface area contributed by atoms with E-state index in [0.29, 0.717) is 16.7 Å². The molecule has 0 spiro atoms. The van der Waals surface area contributed by atoms with Gasteiger partial charge in [0.15, 0.2) is 0 Å². The second-order valence-corrected chi connectivity index (χ2v) is 4.92. The summed E-state index contributed by atoms with van der Waals surface area (Å²) in [6, 6.07) is 8.85. The molecule has 1 aromatic carbocycles. The normalized spacial score (nSPS) is 10.4. The van der Waals surface area contributed by atoms with Crippen molar-refractivity contribution in [2.45, 2.75) is 13.8 Å². The molecule has 0 saturated heterocycles. The predicted octanol–water partition coefficient (Wildman–Crippen LogP) is 2.74. The molecule has 0 atom stereocenters. The van der Waals surface area contributed by atoms with E-state index in [0.717, 1.165) is 18.7 Å². The van der Waals surface area contributed by atoms with Crippen molar-refractivity contribution in [3.63, 3.8) is 0 Å². The molecule has 0 aliphatic heterocycles. The fraction of sp³-hybridized carbons (Fsp3) is 0.267. The van der Waals surface area contributed by atoms with Gasteiger partial charge in [0, 0.05) is 23.7 Å². The first kappa shape index (κ1) is 15.3. The van der Waals surface area contributed by atoms with Crippen molar-refractivity contribution in [2.24, 2.45) is 5.73 Å². The van der Waals surface area contributed by atoms with Gasteiger partial charge in [0.1, 0.15) is 5.69 Å². The number of halogens is 1. The van der Waals surface area contributed by atoms with Crippen LogP contribution in [0.15, 0.2) is 30.3 Å². The Bertz CT molecular complexity index is 639. The highest BCUT2D eigenvalue weighted by atomic mass is 35.5.